The molecule has 0 saturated heterocycles. The summed E-state index contributed by atoms with van der Waals surface area (Å²) < 4.78 is 5.34. The van der Waals surface area contributed by atoms with Gasteiger partial charge in [0.1, 0.15) is 5.75 Å². The molecule has 0 aromatic heterocycles. The van der Waals surface area contributed by atoms with Crippen molar-refractivity contribution in [1.29, 1.82) is 0 Å². The number of rotatable bonds is 4. The van der Waals surface area contributed by atoms with E-state index in [1.807, 2.05) is 0 Å². The van der Waals surface area contributed by atoms with Crippen molar-refractivity contribution in [3.63, 3.8) is 0 Å². The highest BCUT2D eigenvalue weighted by Gasteiger charge is 2.18. The third kappa shape index (κ3) is 2.53. The van der Waals surface area contributed by atoms with Crippen molar-refractivity contribution in [2.75, 3.05) is 7.11 Å². The van der Waals surface area contributed by atoms with Crippen molar-refractivity contribution in [3.8, 4) is 5.75 Å². The zero-order valence-electron chi connectivity index (χ0n) is 10.6. The molecule has 0 amide bonds. The summed E-state index contributed by atoms with van der Waals surface area (Å²) in [5.41, 5.74) is 2.97. The van der Waals surface area contributed by atoms with Gasteiger partial charge in [0.05, 0.1) is 7.11 Å². The Morgan fingerprint density at radius 1 is 1.20 bits per heavy atom. The zero-order valence-corrected chi connectivity index (χ0v) is 10.6. The second-order valence-corrected chi connectivity index (χ2v) is 4.62. The van der Waals surface area contributed by atoms with Crippen LogP contribution in [-0.4, -0.2) is 7.11 Å². The lowest BCUT2D eigenvalue weighted by molar-refractivity contribution is 0.409. The van der Waals surface area contributed by atoms with Gasteiger partial charge in [-0.25, -0.2) is 0 Å². The summed E-state index contributed by atoms with van der Waals surface area (Å²) in [6, 6.07) is 6.55. The van der Waals surface area contributed by atoms with E-state index in [0.717, 1.165) is 18.6 Å². The molecular weight excluding hydrogens is 184 g/mol. The van der Waals surface area contributed by atoms with Crippen LogP contribution in [0.2, 0.25) is 0 Å². The number of hydrogen-bond acceptors (Lipinski definition) is 1. The fourth-order valence-electron chi connectivity index (χ4n) is 1.68. The molecule has 1 rings (SSSR count). The lowest BCUT2D eigenvalue weighted by Crippen LogP contribution is -2.15. The molecule has 1 aromatic rings. The van der Waals surface area contributed by atoms with Crippen LogP contribution >= 0.6 is 0 Å². The number of aryl methyl sites for hydroxylation is 1. The highest BCUT2D eigenvalue weighted by molar-refractivity contribution is 5.39. The maximum atomic E-state index is 5.34. The van der Waals surface area contributed by atoms with Crippen LogP contribution in [0.1, 0.15) is 45.2 Å². The molecular formula is C14H22O. The molecule has 1 aromatic carbocycles. The van der Waals surface area contributed by atoms with Gasteiger partial charge in [-0.15, -0.1) is 0 Å². The number of ether oxygens (including phenoxy) is 1. The molecule has 0 aliphatic carbocycles. The van der Waals surface area contributed by atoms with Crippen LogP contribution in [0.3, 0.4) is 0 Å². The maximum Gasteiger partial charge on any atom is 0.122 e. The van der Waals surface area contributed by atoms with E-state index < -0.39 is 0 Å². The molecule has 1 heteroatoms. The minimum absolute atomic E-state index is 0.260. The number of hydrogen-bond donors (Lipinski definition) is 0. The zero-order chi connectivity index (χ0) is 11.5. The van der Waals surface area contributed by atoms with Gasteiger partial charge in [-0.05, 0) is 35.4 Å². The second kappa shape index (κ2) is 4.69. The van der Waals surface area contributed by atoms with Crippen LogP contribution in [0.5, 0.6) is 5.75 Å². The van der Waals surface area contributed by atoms with Crippen molar-refractivity contribution < 1.29 is 4.74 Å². The number of benzene rings is 1. The summed E-state index contributed by atoms with van der Waals surface area (Å²) in [6.45, 7) is 8.97. The van der Waals surface area contributed by atoms with Crippen LogP contribution in [0, 0.1) is 0 Å². The van der Waals surface area contributed by atoms with Crippen molar-refractivity contribution in [1.82, 2.24) is 0 Å². The highest BCUT2D eigenvalue weighted by Crippen LogP contribution is 2.30. The second-order valence-electron chi connectivity index (χ2n) is 4.62. The average Bonchev–Trinajstić information content (AvgIpc) is 2.28. The first-order chi connectivity index (χ1) is 7.05. The Balaban J connectivity index is 3.13. The van der Waals surface area contributed by atoms with Gasteiger partial charge in [-0.1, -0.05) is 39.8 Å². The Hall–Kier alpha value is -0.980. The Labute approximate surface area is 93.5 Å². The van der Waals surface area contributed by atoms with E-state index in [0.29, 0.717) is 0 Å². The average molecular weight is 206 g/mol. The summed E-state index contributed by atoms with van der Waals surface area (Å²) in [4.78, 5) is 0. The Bertz CT molecular complexity index is 326. The summed E-state index contributed by atoms with van der Waals surface area (Å²) in [5.74, 6) is 1.01. The molecule has 0 fully saturated rings. The fraction of sp³-hybridized carbons (Fsp3) is 0.571. The molecule has 0 atom stereocenters. The molecule has 0 heterocycles. The predicted octanol–water partition coefficient (Wildman–Crippen LogP) is 3.95. The quantitative estimate of drug-likeness (QED) is 0.725. The first-order valence-corrected chi connectivity index (χ1v) is 5.72. The first kappa shape index (κ1) is 12.1. The van der Waals surface area contributed by atoms with Gasteiger partial charge >= 0.3 is 0 Å². The van der Waals surface area contributed by atoms with Crippen molar-refractivity contribution in [2.45, 2.75) is 46.0 Å². The summed E-state index contributed by atoms with van der Waals surface area (Å²) in [6.07, 6.45) is 2.18. The number of methoxy groups -OCH3 is 1. The van der Waals surface area contributed by atoms with Crippen molar-refractivity contribution in [3.05, 3.63) is 29.3 Å². The molecule has 0 aliphatic rings. The molecule has 0 radical (unpaired) electrons. The Kier molecular flexibility index (Phi) is 3.78. The Morgan fingerprint density at radius 2 is 1.87 bits per heavy atom. The SMILES string of the molecule is CCc1cc(C(C)(C)CC)ccc1OC. The lowest BCUT2D eigenvalue weighted by atomic mass is 9.81. The monoisotopic (exact) mass is 206 g/mol. The molecule has 1 nitrogen and oxygen atoms in total. The molecule has 0 bridgehead atoms. The van der Waals surface area contributed by atoms with E-state index in [4.69, 9.17) is 4.74 Å². The van der Waals surface area contributed by atoms with Gasteiger partial charge < -0.3 is 4.74 Å². The van der Waals surface area contributed by atoms with Crippen molar-refractivity contribution in [2.24, 2.45) is 0 Å². The standard InChI is InChI=1S/C14H22O/c1-6-11-10-12(14(3,4)7-2)8-9-13(11)15-5/h8-10H,6-7H2,1-5H3. The van der Waals surface area contributed by atoms with Gasteiger partial charge in [0, 0.05) is 0 Å². The van der Waals surface area contributed by atoms with Gasteiger partial charge in [0.2, 0.25) is 0 Å². The third-order valence-electron chi connectivity index (χ3n) is 3.33. The molecule has 0 saturated carbocycles. The van der Waals surface area contributed by atoms with E-state index >= 15 is 0 Å². The molecule has 15 heavy (non-hydrogen) atoms. The summed E-state index contributed by atoms with van der Waals surface area (Å²) >= 11 is 0. The summed E-state index contributed by atoms with van der Waals surface area (Å²) in [5, 5.41) is 0. The van der Waals surface area contributed by atoms with Gasteiger partial charge in [0.15, 0.2) is 0 Å². The normalized spacial score (nSPS) is 11.5. The maximum absolute atomic E-state index is 5.34. The molecule has 0 spiro atoms. The fourth-order valence-corrected chi connectivity index (χ4v) is 1.68. The largest absolute Gasteiger partial charge is 0.496 e. The van der Waals surface area contributed by atoms with Crippen molar-refractivity contribution >= 4 is 0 Å². The first-order valence-electron chi connectivity index (χ1n) is 5.72. The topological polar surface area (TPSA) is 9.23 Å². The lowest BCUT2D eigenvalue weighted by Gasteiger charge is -2.24. The smallest absolute Gasteiger partial charge is 0.122 e. The minimum Gasteiger partial charge on any atom is -0.496 e. The van der Waals surface area contributed by atoms with E-state index in [2.05, 4.69) is 45.9 Å². The summed E-state index contributed by atoms with van der Waals surface area (Å²) in [7, 11) is 1.74. The highest BCUT2D eigenvalue weighted by atomic mass is 16.5. The molecule has 84 valence electrons. The van der Waals surface area contributed by atoms with Crippen LogP contribution in [-0.2, 0) is 11.8 Å². The van der Waals surface area contributed by atoms with E-state index in [-0.39, 0.29) is 5.41 Å². The van der Waals surface area contributed by atoms with Gasteiger partial charge in [0.25, 0.3) is 0 Å². The minimum atomic E-state index is 0.260. The van der Waals surface area contributed by atoms with Crippen LogP contribution in [0.4, 0.5) is 0 Å². The van der Waals surface area contributed by atoms with Crippen LogP contribution < -0.4 is 4.74 Å². The van der Waals surface area contributed by atoms with E-state index in [9.17, 15) is 0 Å². The van der Waals surface area contributed by atoms with Crippen LogP contribution in [0.15, 0.2) is 18.2 Å². The van der Waals surface area contributed by atoms with Crippen LogP contribution in [0.25, 0.3) is 0 Å². The molecule has 0 unspecified atom stereocenters. The molecule has 0 N–H and O–H groups in total. The van der Waals surface area contributed by atoms with Gasteiger partial charge in [-0.3, -0.25) is 0 Å². The predicted molar refractivity (Wildman–Crippen MR) is 65.7 cm³/mol. The Morgan fingerprint density at radius 3 is 2.33 bits per heavy atom. The van der Waals surface area contributed by atoms with Gasteiger partial charge in [-0.2, -0.15) is 0 Å². The van der Waals surface area contributed by atoms with E-state index in [1.165, 1.54) is 11.1 Å². The molecule has 0 aliphatic heterocycles. The van der Waals surface area contributed by atoms with E-state index in [1.54, 1.807) is 7.11 Å². The third-order valence-corrected chi connectivity index (χ3v) is 3.33.